The van der Waals surface area contributed by atoms with Crippen LogP contribution in [0.4, 0.5) is 4.39 Å². The fraction of sp³-hybridized carbons (Fsp3) is 0.556. The minimum Gasteiger partial charge on any atom is -0.393 e. The Morgan fingerprint density at radius 1 is 0.750 bits per heavy atom. The molecular weight excluding hydrogens is 551 g/mol. The lowest BCUT2D eigenvalue weighted by atomic mass is 9.82. The van der Waals surface area contributed by atoms with E-state index in [2.05, 4.69) is 35.1 Å². The number of rotatable bonds is 6. The van der Waals surface area contributed by atoms with Crippen LogP contribution in [0.1, 0.15) is 122 Å². The molecule has 2 fully saturated rings. The lowest BCUT2D eigenvalue weighted by molar-refractivity contribution is 0.0686. The summed E-state index contributed by atoms with van der Waals surface area (Å²) in [5.74, 6) is 0.464. The Kier molecular flexibility index (Phi) is 9.98. The Morgan fingerprint density at radius 2 is 1.30 bits per heavy atom. The average Bonchev–Trinajstić information content (AvgIpc) is 3.81. The van der Waals surface area contributed by atoms with E-state index >= 15 is 0 Å². The van der Waals surface area contributed by atoms with Gasteiger partial charge < -0.3 is 14.2 Å². The number of halogens is 1. The zero-order valence-electron chi connectivity index (χ0n) is 24.3. The van der Waals surface area contributed by atoms with E-state index in [0.717, 1.165) is 49.9 Å². The van der Waals surface area contributed by atoms with Crippen molar-refractivity contribution in [2.45, 2.75) is 122 Å². The molecule has 0 spiro atoms. The highest BCUT2D eigenvalue weighted by molar-refractivity contribution is 5.69. The van der Waals surface area contributed by atoms with Crippen LogP contribution >= 0.6 is 0 Å². The Labute approximate surface area is 262 Å². The van der Waals surface area contributed by atoms with E-state index < -0.39 is 5.67 Å². The summed E-state index contributed by atoms with van der Waals surface area (Å²) in [5.41, 5.74) is 6.18. The van der Waals surface area contributed by atoms with Crippen molar-refractivity contribution in [1.29, 1.82) is 0 Å². The summed E-state index contributed by atoms with van der Waals surface area (Å²) in [7, 11) is 0. The lowest BCUT2D eigenvalue weighted by Crippen LogP contribution is -2.27. The van der Waals surface area contributed by atoms with Gasteiger partial charge in [-0.15, -0.1) is 0 Å². The molecule has 3 unspecified atom stereocenters. The monoisotopic (exact) mass is 600 g/mol. The van der Waals surface area contributed by atoms with Gasteiger partial charge in [-0.3, -0.25) is 9.97 Å². The first-order valence-electron chi connectivity index (χ1n) is 15.9. The standard InChI is InChI=1S/C17H20FN3.C17H21N3O.2CH4/c18-17(6-2-1-3-7-17)8-4-15-14-10-19-9-5-13(14)16-11-20-12-21(15)16;21-17(12-4-2-1-3-5-12)8-15-14-9-18-7-6-13(14)16-10-19-11-20(15)16;;/h5,9-12,15H,1-4,6-8H2;6-7,9-12,15,17,21H,1-5,8H2;2*1H4. The number of hydrogen-bond donors (Lipinski definition) is 1. The van der Waals surface area contributed by atoms with E-state index in [-0.39, 0.29) is 33.0 Å². The number of imidazole rings is 2. The number of nitrogens with zero attached hydrogens (tertiary/aromatic N) is 6. The van der Waals surface area contributed by atoms with Gasteiger partial charge in [0.2, 0.25) is 0 Å². The first-order valence-corrected chi connectivity index (χ1v) is 15.9. The summed E-state index contributed by atoms with van der Waals surface area (Å²) >= 11 is 0. The second kappa shape index (κ2) is 13.7. The molecule has 8 heteroatoms. The SMILES string of the molecule is C.C.FC1(CCC2c3cnccc3-c3cncn32)CCCCC1.OC(CC1c2cnccc2-c2cncn21)C1CCCCC1. The maximum absolute atomic E-state index is 14.9. The molecule has 2 aliphatic heterocycles. The smallest absolute Gasteiger partial charge is 0.111 e. The van der Waals surface area contributed by atoms with E-state index in [4.69, 9.17) is 0 Å². The predicted molar refractivity (Wildman–Crippen MR) is 174 cm³/mol. The van der Waals surface area contributed by atoms with Crippen LogP contribution in [0.3, 0.4) is 0 Å². The Bertz CT molecular complexity index is 1500. The van der Waals surface area contributed by atoms with Gasteiger partial charge in [-0.1, -0.05) is 53.4 Å². The molecule has 0 bridgehead atoms. The number of pyridine rings is 2. The van der Waals surface area contributed by atoms with E-state index in [1.54, 1.807) is 0 Å². The summed E-state index contributed by atoms with van der Waals surface area (Å²) in [6.07, 6.45) is 28.0. The molecule has 8 rings (SSSR count). The van der Waals surface area contributed by atoms with E-state index in [0.29, 0.717) is 12.3 Å². The molecule has 7 nitrogen and oxygen atoms in total. The number of hydrogen-bond acceptors (Lipinski definition) is 5. The third kappa shape index (κ3) is 6.10. The van der Waals surface area contributed by atoms with Crippen LogP contribution < -0.4 is 0 Å². The molecule has 1 N–H and O–H groups in total. The van der Waals surface area contributed by atoms with Gasteiger partial charge in [0.05, 0.1) is 54.6 Å². The molecule has 2 saturated carbocycles. The molecule has 4 aromatic heterocycles. The van der Waals surface area contributed by atoms with E-state index in [9.17, 15) is 9.50 Å². The highest BCUT2D eigenvalue weighted by Crippen LogP contribution is 2.45. The minimum atomic E-state index is -0.954. The first kappa shape index (κ1) is 32.0. The zero-order valence-corrected chi connectivity index (χ0v) is 24.3. The average molecular weight is 601 g/mol. The molecule has 0 radical (unpaired) electrons. The quantitative estimate of drug-likeness (QED) is 0.239. The summed E-state index contributed by atoms with van der Waals surface area (Å²) in [6, 6.07) is 4.47. The predicted octanol–water partition coefficient (Wildman–Crippen LogP) is 8.75. The highest BCUT2D eigenvalue weighted by atomic mass is 19.1. The molecule has 0 amide bonds. The van der Waals surface area contributed by atoms with Crippen molar-refractivity contribution in [3.8, 4) is 22.5 Å². The minimum absolute atomic E-state index is 0. The Morgan fingerprint density at radius 3 is 1.91 bits per heavy atom. The summed E-state index contributed by atoms with van der Waals surface area (Å²) < 4.78 is 19.2. The lowest BCUT2D eigenvalue weighted by Gasteiger charge is -2.30. The van der Waals surface area contributed by atoms with Crippen LogP contribution in [0.25, 0.3) is 22.5 Å². The van der Waals surface area contributed by atoms with Gasteiger partial charge in [0.15, 0.2) is 0 Å². The van der Waals surface area contributed by atoms with Crippen LogP contribution in [-0.2, 0) is 0 Å². The third-order valence-electron chi connectivity index (χ3n) is 10.3. The van der Waals surface area contributed by atoms with Crippen LogP contribution in [0.2, 0.25) is 0 Å². The molecular formula is C36H49FN6O. The fourth-order valence-electron chi connectivity index (χ4n) is 7.94. The second-order valence-electron chi connectivity index (χ2n) is 12.8. The van der Waals surface area contributed by atoms with E-state index in [1.807, 2.05) is 55.9 Å². The Hall–Kier alpha value is -3.39. The van der Waals surface area contributed by atoms with Crippen LogP contribution in [0, 0.1) is 5.92 Å². The topological polar surface area (TPSA) is 81.7 Å². The second-order valence-corrected chi connectivity index (χ2v) is 12.8. The van der Waals surface area contributed by atoms with Crippen LogP contribution in [0.5, 0.6) is 0 Å². The van der Waals surface area contributed by atoms with Gasteiger partial charge in [-0.2, -0.15) is 0 Å². The van der Waals surface area contributed by atoms with Gasteiger partial charge >= 0.3 is 0 Å². The van der Waals surface area contributed by atoms with Gasteiger partial charge in [0, 0.05) is 47.0 Å². The molecule has 0 saturated heterocycles. The van der Waals surface area contributed by atoms with Crippen molar-refractivity contribution < 1.29 is 9.50 Å². The van der Waals surface area contributed by atoms with Gasteiger partial charge in [-0.05, 0) is 63.0 Å². The third-order valence-corrected chi connectivity index (χ3v) is 10.3. The first-order chi connectivity index (χ1) is 20.6. The van der Waals surface area contributed by atoms with Gasteiger partial charge in [-0.25, -0.2) is 14.4 Å². The number of fused-ring (bicyclic) bond motifs is 6. The fourth-order valence-corrected chi connectivity index (χ4v) is 7.94. The molecule has 6 heterocycles. The number of alkyl halides is 1. The summed E-state index contributed by atoms with van der Waals surface area (Å²) in [5, 5.41) is 10.7. The van der Waals surface area contributed by atoms with Crippen LogP contribution in [0.15, 0.2) is 62.0 Å². The van der Waals surface area contributed by atoms with Crippen molar-refractivity contribution in [3.63, 3.8) is 0 Å². The molecule has 4 aromatic rings. The maximum Gasteiger partial charge on any atom is 0.111 e. The molecule has 236 valence electrons. The van der Waals surface area contributed by atoms with Crippen LogP contribution in [-0.4, -0.2) is 45.9 Å². The summed E-state index contributed by atoms with van der Waals surface area (Å²) in [4.78, 5) is 17.1. The zero-order chi connectivity index (χ0) is 28.5. The number of aliphatic hydroxyl groups is 1. The maximum atomic E-state index is 14.9. The molecule has 0 aromatic carbocycles. The largest absolute Gasteiger partial charge is 0.393 e. The normalized spacial score (nSPS) is 21.8. The van der Waals surface area contributed by atoms with Crippen molar-refractivity contribution in [2.75, 3.05) is 0 Å². The van der Waals surface area contributed by atoms with Crippen molar-refractivity contribution >= 4 is 0 Å². The van der Waals surface area contributed by atoms with E-state index in [1.165, 1.54) is 60.8 Å². The molecule has 2 aliphatic carbocycles. The Balaban J connectivity index is 0.000000167. The molecule has 3 atom stereocenters. The van der Waals surface area contributed by atoms with Gasteiger partial charge in [0.25, 0.3) is 0 Å². The number of aliphatic hydroxyl groups excluding tert-OH is 1. The van der Waals surface area contributed by atoms with Crippen molar-refractivity contribution in [2.24, 2.45) is 5.92 Å². The summed E-state index contributed by atoms with van der Waals surface area (Å²) in [6.45, 7) is 0. The highest BCUT2D eigenvalue weighted by Gasteiger charge is 2.36. The van der Waals surface area contributed by atoms with Crippen molar-refractivity contribution in [3.05, 3.63) is 73.1 Å². The van der Waals surface area contributed by atoms with Crippen molar-refractivity contribution in [1.82, 2.24) is 29.1 Å². The van der Waals surface area contributed by atoms with Gasteiger partial charge in [0.1, 0.15) is 5.67 Å². The molecule has 4 aliphatic rings. The molecule has 44 heavy (non-hydrogen) atoms. The number of aromatic nitrogens is 6.